The molecule has 1 aliphatic heterocycles. The Morgan fingerprint density at radius 2 is 2.03 bits per heavy atom. The summed E-state index contributed by atoms with van der Waals surface area (Å²) in [6.45, 7) is 2.64. The van der Waals surface area contributed by atoms with E-state index >= 15 is 0 Å². The van der Waals surface area contributed by atoms with Gasteiger partial charge >= 0.3 is 0 Å². The molecule has 3 heterocycles. The van der Waals surface area contributed by atoms with E-state index in [1.165, 1.54) is 11.8 Å². The van der Waals surface area contributed by atoms with Crippen LogP contribution in [-0.2, 0) is 14.3 Å². The van der Waals surface area contributed by atoms with Gasteiger partial charge in [0.25, 0.3) is 0 Å². The molecular weight excluding hydrogens is 540 g/mol. The molecule has 0 saturated heterocycles. The van der Waals surface area contributed by atoms with E-state index in [0.717, 1.165) is 32.9 Å². The van der Waals surface area contributed by atoms with Crippen LogP contribution in [-0.4, -0.2) is 54.2 Å². The minimum atomic E-state index is -0.261. The number of amides is 2. The Kier molecular flexibility index (Phi) is 8.18. The minimum Gasteiger partial charge on any atom is -0.383 e. The first-order valence-electron chi connectivity index (χ1n) is 12.1. The third kappa shape index (κ3) is 5.37. The van der Waals surface area contributed by atoms with Crippen molar-refractivity contribution < 1.29 is 14.3 Å². The van der Waals surface area contributed by atoms with Crippen molar-refractivity contribution in [2.75, 3.05) is 37.5 Å². The van der Waals surface area contributed by atoms with Crippen molar-refractivity contribution in [2.24, 2.45) is 0 Å². The molecule has 0 fully saturated rings. The van der Waals surface area contributed by atoms with Gasteiger partial charge in [-0.1, -0.05) is 48.0 Å². The van der Waals surface area contributed by atoms with Crippen LogP contribution in [0.5, 0.6) is 0 Å². The Balaban J connectivity index is 1.75. The average molecular weight is 567 g/mol. The fourth-order valence-electron chi connectivity index (χ4n) is 4.51. The van der Waals surface area contributed by atoms with Gasteiger partial charge in [0.1, 0.15) is 18.1 Å². The van der Waals surface area contributed by atoms with Gasteiger partial charge < -0.3 is 10.1 Å². The van der Waals surface area contributed by atoms with E-state index < -0.39 is 0 Å². The van der Waals surface area contributed by atoms with Crippen LogP contribution in [0, 0.1) is 6.92 Å². The number of hydrogen-bond donors (Lipinski definition) is 1. The molecule has 0 saturated carbocycles. The molecule has 2 aromatic heterocycles. The van der Waals surface area contributed by atoms with Crippen LogP contribution in [0.15, 0.2) is 66.0 Å². The number of halogens is 1. The lowest BCUT2D eigenvalue weighted by molar-refractivity contribution is -0.123. The second kappa shape index (κ2) is 11.7. The molecule has 1 atom stereocenters. The summed E-state index contributed by atoms with van der Waals surface area (Å²) >= 11 is 9.52. The van der Waals surface area contributed by atoms with Crippen LogP contribution < -0.4 is 10.2 Å². The van der Waals surface area contributed by atoms with Crippen molar-refractivity contribution in [1.82, 2.24) is 15.1 Å². The molecule has 38 heavy (non-hydrogen) atoms. The third-order valence-electron chi connectivity index (χ3n) is 6.27. The van der Waals surface area contributed by atoms with Crippen molar-refractivity contribution in [3.63, 3.8) is 0 Å². The number of methoxy groups -OCH3 is 1. The Hall–Kier alpha value is -3.11. The van der Waals surface area contributed by atoms with Crippen molar-refractivity contribution in [1.29, 1.82) is 0 Å². The number of carbonyl (C=O) groups is 2. The maximum absolute atomic E-state index is 13.7. The second-order valence-corrected chi connectivity index (χ2v) is 11.3. The quantitative estimate of drug-likeness (QED) is 0.285. The highest BCUT2D eigenvalue weighted by molar-refractivity contribution is 8.00. The highest BCUT2D eigenvalue weighted by atomic mass is 35.5. The van der Waals surface area contributed by atoms with Gasteiger partial charge in [-0.15, -0.1) is 23.1 Å². The first kappa shape index (κ1) is 26.5. The lowest BCUT2D eigenvalue weighted by Crippen LogP contribution is -2.43. The summed E-state index contributed by atoms with van der Waals surface area (Å²) in [5, 5.41) is 10.4. The monoisotopic (exact) mass is 566 g/mol. The first-order valence-corrected chi connectivity index (χ1v) is 14.4. The molecule has 0 bridgehead atoms. The number of thiophene rings is 1. The van der Waals surface area contributed by atoms with Gasteiger partial charge in [0.2, 0.25) is 11.8 Å². The van der Waals surface area contributed by atoms with Gasteiger partial charge in [-0.05, 0) is 47.7 Å². The number of fused-ring (bicyclic) bond motifs is 1. The van der Waals surface area contributed by atoms with Crippen molar-refractivity contribution in [3.05, 3.63) is 87.8 Å². The van der Waals surface area contributed by atoms with Crippen LogP contribution in [0.2, 0.25) is 5.02 Å². The van der Waals surface area contributed by atoms with E-state index in [1.807, 2.05) is 77.6 Å². The summed E-state index contributed by atoms with van der Waals surface area (Å²) < 4.78 is 6.89. The van der Waals surface area contributed by atoms with E-state index in [9.17, 15) is 9.59 Å². The number of thioether (sulfide) groups is 1. The van der Waals surface area contributed by atoms with Gasteiger partial charge in [-0.25, -0.2) is 4.68 Å². The normalized spacial score (nSPS) is 15.3. The zero-order valence-corrected chi connectivity index (χ0v) is 23.4. The standard InChI is InChI=1S/C28H27ClN4O3S2/c1-18-7-3-4-10-21(18)33-28-25(26(31-33)22-11-6-14-37-22)27(19-8-5-9-20(29)15-19)38-17-24(35)32(28)16-23(34)30-12-13-36-2/h3-11,14-15,27H,12-13,16-17H2,1-2H3,(H,30,34)/t27-/m0/s1. The summed E-state index contributed by atoms with van der Waals surface area (Å²) in [6, 6.07) is 19.6. The number of ether oxygens (including phenoxy) is 1. The molecule has 0 radical (unpaired) electrons. The third-order valence-corrected chi connectivity index (χ3v) is 8.64. The summed E-state index contributed by atoms with van der Waals surface area (Å²) in [5.74, 6) is 0.386. The zero-order chi connectivity index (χ0) is 26.6. The molecule has 4 aromatic rings. The topological polar surface area (TPSA) is 76.5 Å². The Morgan fingerprint density at radius 1 is 1.18 bits per heavy atom. The van der Waals surface area contributed by atoms with E-state index in [0.29, 0.717) is 24.0 Å². The van der Waals surface area contributed by atoms with Crippen LogP contribution in [0.1, 0.15) is 21.9 Å². The number of anilines is 1. The minimum absolute atomic E-state index is 0.125. The zero-order valence-electron chi connectivity index (χ0n) is 21.0. The number of carbonyl (C=O) groups excluding carboxylic acids is 2. The number of aryl methyl sites for hydroxylation is 1. The molecule has 2 aromatic carbocycles. The summed E-state index contributed by atoms with van der Waals surface area (Å²) in [4.78, 5) is 29.2. The molecule has 1 N–H and O–H groups in total. The Labute approximate surface area is 234 Å². The maximum atomic E-state index is 13.7. The number of para-hydroxylation sites is 1. The number of benzene rings is 2. The summed E-state index contributed by atoms with van der Waals surface area (Å²) in [5.41, 5.74) is 4.50. The summed E-state index contributed by atoms with van der Waals surface area (Å²) in [6.07, 6.45) is 0. The number of rotatable bonds is 8. The highest BCUT2D eigenvalue weighted by Crippen LogP contribution is 2.49. The van der Waals surface area contributed by atoms with Crippen LogP contribution >= 0.6 is 34.7 Å². The van der Waals surface area contributed by atoms with E-state index in [2.05, 4.69) is 5.32 Å². The van der Waals surface area contributed by atoms with Crippen molar-refractivity contribution in [3.8, 4) is 16.3 Å². The van der Waals surface area contributed by atoms with Crippen LogP contribution in [0.4, 0.5) is 5.82 Å². The first-order chi connectivity index (χ1) is 18.5. The maximum Gasteiger partial charge on any atom is 0.240 e. The SMILES string of the molecule is COCCNC(=O)CN1C(=O)CS[C@@H](c2cccc(Cl)c2)c2c(-c3cccs3)nn(-c3ccccc3C)c21. The Morgan fingerprint density at radius 3 is 2.76 bits per heavy atom. The van der Waals surface area contributed by atoms with Crippen molar-refractivity contribution in [2.45, 2.75) is 12.2 Å². The molecule has 196 valence electrons. The molecule has 0 aliphatic carbocycles. The van der Waals surface area contributed by atoms with E-state index in [4.69, 9.17) is 21.4 Å². The fourth-order valence-corrected chi connectivity index (χ4v) is 6.62. The predicted molar refractivity (Wildman–Crippen MR) is 155 cm³/mol. The Bertz CT molecular complexity index is 1450. The number of aromatic nitrogens is 2. The molecule has 0 unspecified atom stereocenters. The molecule has 10 heteroatoms. The van der Waals surface area contributed by atoms with Gasteiger partial charge in [0, 0.05) is 24.2 Å². The van der Waals surface area contributed by atoms with Gasteiger partial charge in [0.05, 0.1) is 28.2 Å². The lowest BCUT2D eigenvalue weighted by Gasteiger charge is -2.23. The van der Waals surface area contributed by atoms with Gasteiger partial charge in [-0.2, -0.15) is 5.10 Å². The fraction of sp³-hybridized carbons (Fsp3) is 0.250. The van der Waals surface area contributed by atoms with E-state index in [1.54, 1.807) is 23.3 Å². The molecule has 7 nitrogen and oxygen atoms in total. The largest absolute Gasteiger partial charge is 0.383 e. The average Bonchev–Trinajstić information content (AvgIpc) is 3.54. The number of hydrogen-bond acceptors (Lipinski definition) is 6. The smallest absolute Gasteiger partial charge is 0.240 e. The van der Waals surface area contributed by atoms with E-state index in [-0.39, 0.29) is 29.4 Å². The summed E-state index contributed by atoms with van der Waals surface area (Å²) in [7, 11) is 1.58. The van der Waals surface area contributed by atoms with Crippen molar-refractivity contribution >= 4 is 52.3 Å². The highest BCUT2D eigenvalue weighted by Gasteiger charge is 2.38. The number of nitrogens with one attached hydrogen (secondary N) is 1. The molecule has 1 aliphatic rings. The van der Waals surface area contributed by atoms with Crippen LogP contribution in [0.3, 0.4) is 0 Å². The van der Waals surface area contributed by atoms with Gasteiger partial charge in [0.15, 0.2) is 0 Å². The molecular formula is C28H27ClN4O3S2. The lowest BCUT2D eigenvalue weighted by atomic mass is 10.0. The molecule has 2 amide bonds. The predicted octanol–water partition coefficient (Wildman–Crippen LogP) is 5.49. The second-order valence-electron chi connectivity index (χ2n) is 8.83. The van der Waals surface area contributed by atoms with Crippen LogP contribution in [0.25, 0.3) is 16.3 Å². The number of nitrogens with zero attached hydrogens (tertiary/aromatic N) is 3. The molecule has 5 rings (SSSR count). The molecule has 0 spiro atoms. The van der Waals surface area contributed by atoms with Gasteiger partial charge in [-0.3, -0.25) is 14.5 Å².